The molecule has 108 valence electrons. The zero-order valence-corrected chi connectivity index (χ0v) is 10.8. The van der Waals surface area contributed by atoms with Gasteiger partial charge in [0.05, 0.1) is 6.61 Å². The first-order valence-corrected chi connectivity index (χ1v) is 6.09. The molecular formula is C12H18F3N3O. The molecule has 0 aliphatic carbocycles. The maximum Gasteiger partial charge on any atom is 0.411 e. The predicted octanol–water partition coefficient (Wildman–Crippen LogP) is 2.89. The fourth-order valence-corrected chi connectivity index (χ4v) is 1.35. The molecule has 0 saturated carbocycles. The van der Waals surface area contributed by atoms with E-state index in [0.717, 1.165) is 24.5 Å². The summed E-state index contributed by atoms with van der Waals surface area (Å²) in [6, 6.07) is 3.56. The van der Waals surface area contributed by atoms with E-state index in [-0.39, 0.29) is 6.61 Å². The summed E-state index contributed by atoms with van der Waals surface area (Å²) >= 11 is 0. The molecule has 0 atom stereocenters. The SMILES string of the molecule is CCCNc1cc(NCCOCC(F)(F)F)ccn1. The van der Waals surface area contributed by atoms with Crippen LogP contribution in [0.3, 0.4) is 0 Å². The molecule has 4 nitrogen and oxygen atoms in total. The van der Waals surface area contributed by atoms with Crippen LogP contribution in [-0.2, 0) is 4.74 Å². The number of pyridine rings is 1. The monoisotopic (exact) mass is 277 g/mol. The van der Waals surface area contributed by atoms with Gasteiger partial charge in [-0.3, -0.25) is 0 Å². The second-order valence-electron chi connectivity index (χ2n) is 3.95. The molecule has 0 radical (unpaired) electrons. The Morgan fingerprint density at radius 2 is 2.05 bits per heavy atom. The van der Waals surface area contributed by atoms with Crippen molar-refractivity contribution in [1.82, 2.24) is 4.98 Å². The summed E-state index contributed by atoms with van der Waals surface area (Å²) in [6.45, 7) is 1.97. The minimum absolute atomic E-state index is 0.000442. The van der Waals surface area contributed by atoms with E-state index in [1.165, 1.54) is 0 Å². The summed E-state index contributed by atoms with van der Waals surface area (Å²) in [5, 5.41) is 6.10. The van der Waals surface area contributed by atoms with E-state index in [0.29, 0.717) is 6.54 Å². The lowest BCUT2D eigenvalue weighted by Crippen LogP contribution is -2.20. The van der Waals surface area contributed by atoms with Crippen LogP contribution in [-0.4, -0.2) is 37.5 Å². The Balaban J connectivity index is 2.25. The Hall–Kier alpha value is -1.50. The van der Waals surface area contributed by atoms with Crippen molar-refractivity contribution in [3.8, 4) is 0 Å². The fraction of sp³-hybridized carbons (Fsp3) is 0.583. The molecule has 0 aliphatic rings. The van der Waals surface area contributed by atoms with E-state index in [1.807, 2.05) is 6.92 Å². The van der Waals surface area contributed by atoms with Crippen molar-refractivity contribution in [1.29, 1.82) is 0 Å². The maximum atomic E-state index is 11.8. The van der Waals surface area contributed by atoms with Crippen LogP contribution in [0.1, 0.15) is 13.3 Å². The molecule has 0 fully saturated rings. The van der Waals surface area contributed by atoms with Crippen molar-refractivity contribution in [2.45, 2.75) is 19.5 Å². The van der Waals surface area contributed by atoms with E-state index in [4.69, 9.17) is 0 Å². The highest BCUT2D eigenvalue weighted by atomic mass is 19.4. The molecule has 0 spiro atoms. The molecule has 19 heavy (non-hydrogen) atoms. The lowest BCUT2D eigenvalue weighted by Gasteiger charge is -2.10. The van der Waals surface area contributed by atoms with Crippen LogP contribution in [0, 0.1) is 0 Å². The summed E-state index contributed by atoms with van der Waals surface area (Å²) in [5.74, 6) is 0.739. The number of nitrogens with one attached hydrogen (secondary N) is 2. The highest BCUT2D eigenvalue weighted by Gasteiger charge is 2.27. The van der Waals surface area contributed by atoms with E-state index in [1.54, 1.807) is 18.3 Å². The molecule has 2 N–H and O–H groups in total. The number of nitrogens with zero attached hydrogens (tertiary/aromatic N) is 1. The van der Waals surface area contributed by atoms with Gasteiger partial charge in [-0.15, -0.1) is 0 Å². The van der Waals surface area contributed by atoms with Crippen LogP contribution in [0.5, 0.6) is 0 Å². The third-order valence-corrected chi connectivity index (χ3v) is 2.16. The van der Waals surface area contributed by atoms with Gasteiger partial charge in [-0.1, -0.05) is 6.92 Å². The number of ether oxygens (including phenoxy) is 1. The van der Waals surface area contributed by atoms with Crippen LogP contribution < -0.4 is 10.6 Å². The zero-order chi connectivity index (χ0) is 14.1. The summed E-state index contributed by atoms with van der Waals surface area (Å²) < 4.78 is 39.9. The number of anilines is 2. The van der Waals surface area contributed by atoms with E-state index < -0.39 is 12.8 Å². The van der Waals surface area contributed by atoms with Crippen molar-refractivity contribution >= 4 is 11.5 Å². The van der Waals surface area contributed by atoms with Gasteiger partial charge in [0.1, 0.15) is 12.4 Å². The molecule has 0 unspecified atom stereocenters. The first kappa shape index (κ1) is 15.6. The molecule has 0 bridgehead atoms. The van der Waals surface area contributed by atoms with Gasteiger partial charge >= 0.3 is 6.18 Å². The lowest BCUT2D eigenvalue weighted by molar-refractivity contribution is -0.172. The molecular weight excluding hydrogens is 259 g/mol. The highest BCUT2D eigenvalue weighted by molar-refractivity contribution is 5.51. The molecule has 1 aromatic heterocycles. The normalized spacial score (nSPS) is 11.4. The molecule has 0 aromatic carbocycles. The summed E-state index contributed by atoms with van der Waals surface area (Å²) in [7, 11) is 0. The predicted molar refractivity (Wildman–Crippen MR) is 68.4 cm³/mol. The minimum Gasteiger partial charge on any atom is -0.383 e. The number of hydrogen-bond acceptors (Lipinski definition) is 4. The fourth-order valence-electron chi connectivity index (χ4n) is 1.35. The van der Waals surface area contributed by atoms with Crippen molar-refractivity contribution in [2.75, 3.05) is 36.9 Å². The number of hydrogen-bond donors (Lipinski definition) is 2. The van der Waals surface area contributed by atoms with Gasteiger partial charge < -0.3 is 15.4 Å². The Kier molecular flexibility index (Phi) is 6.41. The van der Waals surface area contributed by atoms with Gasteiger partial charge in [0.15, 0.2) is 0 Å². The maximum absolute atomic E-state index is 11.8. The van der Waals surface area contributed by atoms with Gasteiger partial charge in [0.25, 0.3) is 0 Å². The highest BCUT2D eigenvalue weighted by Crippen LogP contribution is 2.14. The Morgan fingerprint density at radius 1 is 1.26 bits per heavy atom. The second-order valence-corrected chi connectivity index (χ2v) is 3.95. The quantitative estimate of drug-likeness (QED) is 0.717. The molecule has 0 aliphatic heterocycles. The van der Waals surface area contributed by atoms with Gasteiger partial charge in [0.2, 0.25) is 0 Å². The number of rotatable bonds is 8. The zero-order valence-electron chi connectivity index (χ0n) is 10.8. The van der Waals surface area contributed by atoms with Crippen molar-refractivity contribution in [3.05, 3.63) is 18.3 Å². The van der Waals surface area contributed by atoms with Crippen LogP contribution in [0.2, 0.25) is 0 Å². The topological polar surface area (TPSA) is 46.2 Å². The molecule has 1 rings (SSSR count). The smallest absolute Gasteiger partial charge is 0.383 e. The largest absolute Gasteiger partial charge is 0.411 e. The average molecular weight is 277 g/mol. The van der Waals surface area contributed by atoms with Crippen LogP contribution in [0.25, 0.3) is 0 Å². The number of alkyl halides is 3. The molecule has 0 amide bonds. The van der Waals surface area contributed by atoms with Gasteiger partial charge in [0, 0.05) is 31.0 Å². The molecule has 1 aromatic rings. The van der Waals surface area contributed by atoms with Gasteiger partial charge in [-0.25, -0.2) is 4.98 Å². The Morgan fingerprint density at radius 3 is 2.74 bits per heavy atom. The first-order valence-electron chi connectivity index (χ1n) is 6.09. The summed E-state index contributed by atoms with van der Waals surface area (Å²) in [6.07, 6.45) is -1.64. The second kappa shape index (κ2) is 7.83. The third kappa shape index (κ3) is 7.50. The minimum atomic E-state index is -4.27. The Bertz CT molecular complexity index is 371. The van der Waals surface area contributed by atoms with Crippen molar-refractivity contribution in [3.63, 3.8) is 0 Å². The van der Waals surface area contributed by atoms with Gasteiger partial charge in [-0.05, 0) is 12.5 Å². The average Bonchev–Trinajstić information content (AvgIpc) is 2.35. The van der Waals surface area contributed by atoms with Crippen molar-refractivity contribution < 1.29 is 17.9 Å². The first-order chi connectivity index (χ1) is 9.01. The van der Waals surface area contributed by atoms with E-state index in [9.17, 15) is 13.2 Å². The Labute approximate surface area is 110 Å². The molecule has 1 heterocycles. The molecule has 0 saturated heterocycles. The van der Waals surface area contributed by atoms with E-state index in [2.05, 4.69) is 20.4 Å². The lowest BCUT2D eigenvalue weighted by atomic mass is 10.3. The van der Waals surface area contributed by atoms with Crippen LogP contribution in [0.4, 0.5) is 24.7 Å². The number of aromatic nitrogens is 1. The van der Waals surface area contributed by atoms with Crippen LogP contribution >= 0.6 is 0 Å². The standard InChI is InChI=1S/C12H18F3N3O/c1-2-4-17-11-8-10(3-5-18-11)16-6-7-19-9-12(13,14)15/h3,5,8H,2,4,6-7,9H2,1H3,(H2,16,17,18). The number of halogens is 3. The van der Waals surface area contributed by atoms with Crippen LogP contribution in [0.15, 0.2) is 18.3 Å². The van der Waals surface area contributed by atoms with Crippen molar-refractivity contribution in [2.24, 2.45) is 0 Å². The third-order valence-electron chi connectivity index (χ3n) is 2.16. The summed E-state index contributed by atoms with van der Waals surface area (Å²) in [5.41, 5.74) is 0.796. The summed E-state index contributed by atoms with van der Waals surface area (Å²) in [4.78, 5) is 4.12. The van der Waals surface area contributed by atoms with E-state index >= 15 is 0 Å². The van der Waals surface area contributed by atoms with Gasteiger partial charge in [-0.2, -0.15) is 13.2 Å². The molecule has 7 heteroatoms.